The van der Waals surface area contributed by atoms with Crippen LogP contribution in [0, 0.1) is 10.1 Å². The van der Waals surface area contributed by atoms with E-state index in [-0.39, 0.29) is 23.0 Å². The van der Waals surface area contributed by atoms with E-state index < -0.39 is 5.54 Å². The maximum absolute atomic E-state index is 10.9. The van der Waals surface area contributed by atoms with E-state index in [0.717, 1.165) is 25.7 Å². The Morgan fingerprint density at radius 1 is 1.25 bits per heavy atom. The molecule has 88 valence electrons. The van der Waals surface area contributed by atoms with Crippen molar-refractivity contribution in [2.75, 3.05) is 0 Å². The highest BCUT2D eigenvalue weighted by atomic mass is 35.5. The van der Waals surface area contributed by atoms with Crippen molar-refractivity contribution in [3.8, 4) is 0 Å². The summed E-state index contributed by atoms with van der Waals surface area (Å²) in [4.78, 5) is 10.5. The van der Waals surface area contributed by atoms with Gasteiger partial charge in [-0.3, -0.25) is 10.1 Å². The molecule has 0 saturated heterocycles. The van der Waals surface area contributed by atoms with Gasteiger partial charge < -0.3 is 5.73 Å². The van der Waals surface area contributed by atoms with Gasteiger partial charge in [0, 0.05) is 17.2 Å². The Kier molecular flexibility index (Phi) is 3.88. The lowest BCUT2D eigenvalue weighted by molar-refractivity contribution is -0.386. The Bertz CT molecular complexity index is 389. The first-order valence-corrected chi connectivity index (χ1v) is 5.16. The van der Waals surface area contributed by atoms with Gasteiger partial charge in [-0.25, -0.2) is 0 Å². The fourth-order valence-corrected chi connectivity index (χ4v) is 2.33. The Labute approximate surface area is 100 Å². The average molecular weight is 243 g/mol. The first-order valence-electron chi connectivity index (χ1n) is 5.16. The molecule has 0 amide bonds. The predicted molar refractivity (Wildman–Crippen MR) is 64.7 cm³/mol. The summed E-state index contributed by atoms with van der Waals surface area (Å²) in [5.41, 5.74) is 6.57. The minimum absolute atomic E-state index is 0. The van der Waals surface area contributed by atoms with E-state index in [1.54, 1.807) is 12.1 Å². The van der Waals surface area contributed by atoms with Crippen molar-refractivity contribution >= 4 is 18.1 Å². The molecular formula is C11H15ClN2O2. The molecule has 0 aliphatic heterocycles. The van der Waals surface area contributed by atoms with Gasteiger partial charge in [0.2, 0.25) is 0 Å². The van der Waals surface area contributed by atoms with Gasteiger partial charge >= 0.3 is 0 Å². The number of rotatable bonds is 2. The lowest BCUT2D eigenvalue weighted by atomic mass is 9.88. The molecule has 5 heteroatoms. The third-order valence-electron chi connectivity index (χ3n) is 3.13. The lowest BCUT2D eigenvalue weighted by Gasteiger charge is -2.23. The lowest BCUT2D eigenvalue weighted by Crippen LogP contribution is -2.33. The SMILES string of the molecule is Cl.NC1(c2ccccc2[N+](=O)[O-])CCCC1. The first kappa shape index (κ1) is 12.9. The number of benzene rings is 1. The molecule has 4 nitrogen and oxygen atoms in total. The van der Waals surface area contributed by atoms with Crippen LogP contribution in [0.15, 0.2) is 24.3 Å². The molecule has 1 fully saturated rings. The summed E-state index contributed by atoms with van der Waals surface area (Å²) in [6.07, 6.45) is 3.81. The summed E-state index contributed by atoms with van der Waals surface area (Å²) in [5, 5.41) is 10.9. The molecular weight excluding hydrogens is 228 g/mol. The van der Waals surface area contributed by atoms with Gasteiger partial charge in [-0.1, -0.05) is 31.0 Å². The summed E-state index contributed by atoms with van der Waals surface area (Å²) in [6, 6.07) is 6.81. The standard InChI is InChI=1S/C11H14N2O2.ClH/c12-11(7-3-4-8-11)9-5-1-2-6-10(9)13(14)15;/h1-2,5-6H,3-4,7-8,12H2;1H. The van der Waals surface area contributed by atoms with Crippen molar-refractivity contribution in [1.82, 2.24) is 0 Å². The number of hydrogen-bond acceptors (Lipinski definition) is 3. The maximum atomic E-state index is 10.9. The highest BCUT2D eigenvalue weighted by Gasteiger charge is 2.36. The molecule has 2 rings (SSSR count). The zero-order valence-electron chi connectivity index (χ0n) is 8.89. The summed E-state index contributed by atoms with van der Waals surface area (Å²) >= 11 is 0. The molecule has 16 heavy (non-hydrogen) atoms. The van der Waals surface area contributed by atoms with E-state index >= 15 is 0 Å². The summed E-state index contributed by atoms with van der Waals surface area (Å²) in [6.45, 7) is 0. The molecule has 1 saturated carbocycles. The van der Waals surface area contributed by atoms with Crippen molar-refractivity contribution in [2.45, 2.75) is 31.2 Å². The number of nitrogens with zero attached hydrogens (tertiary/aromatic N) is 1. The van der Waals surface area contributed by atoms with E-state index in [4.69, 9.17) is 5.73 Å². The van der Waals surface area contributed by atoms with Crippen LogP contribution in [-0.2, 0) is 5.54 Å². The third kappa shape index (κ3) is 2.18. The fourth-order valence-electron chi connectivity index (χ4n) is 2.33. The van der Waals surface area contributed by atoms with E-state index in [0.29, 0.717) is 5.56 Å². The highest BCUT2D eigenvalue weighted by Crippen LogP contribution is 2.40. The van der Waals surface area contributed by atoms with Gasteiger partial charge in [-0.2, -0.15) is 0 Å². The number of halogens is 1. The molecule has 1 aliphatic rings. The maximum Gasteiger partial charge on any atom is 0.274 e. The molecule has 0 heterocycles. The van der Waals surface area contributed by atoms with Crippen LogP contribution in [0.5, 0.6) is 0 Å². The minimum atomic E-state index is -0.482. The minimum Gasteiger partial charge on any atom is -0.321 e. The Hall–Kier alpha value is -1.13. The molecule has 2 N–H and O–H groups in total. The van der Waals surface area contributed by atoms with Crippen LogP contribution in [0.1, 0.15) is 31.2 Å². The van der Waals surface area contributed by atoms with Gasteiger partial charge in [0.15, 0.2) is 0 Å². The second-order valence-electron chi connectivity index (χ2n) is 4.14. The highest BCUT2D eigenvalue weighted by molar-refractivity contribution is 5.85. The van der Waals surface area contributed by atoms with Gasteiger partial charge in [-0.15, -0.1) is 12.4 Å². The fraction of sp³-hybridized carbons (Fsp3) is 0.455. The normalized spacial score (nSPS) is 17.8. The van der Waals surface area contributed by atoms with Crippen LogP contribution >= 0.6 is 12.4 Å². The summed E-state index contributed by atoms with van der Waals surface area (Å²) < 4.78 is 0. The smallest absolute Gasteiger partial charge is 0.274 e. The summed E-state index contributed by atoms with van der Waals surface area (Å²) in [7, 11) is 0. The molecule has 0 bridgehead atoms. The molecule has 0 spiro atoms. The van der Waals surface area contributed by atoms with Crippen LogP contribution in [0.2, 0.25) is 0 Å². The molecule has 1 aromatic carbocycles. The van der Waals surface area contributed by atoms with Crippen LogP contribution in [0.4, 0.5) is 5.69 Å². The third-order valence-corrected chi connectivity index (χ3v) is 3.13. The zero-order valence-corrected chi connectivity index (χ0v) is 9.70. The van der Waals surface area contributed by atoms with E-state index in [1.165, 1.54) is 6.07 Å². The van der Waals surface area contributed by atoms with Crippen LogP contribution < -0.4 is 5.73 Å². The largest absolute Gasteiger partial charge is 0.321 e. The first-order chi connectivity index (χ1) is 7.13. The quantitative estimate of drug-likeness (QED) is 0.640. The van der Waals surface area contributed by atoms with Crippen molar-refractivity contribution in [3.63, 3.8) is 0 Å². The Balaban J connectivity index is 0.00000128. The van der Waals surface area contributed by atoms with Crippen molar-refractivity contribution in [2.24, 2.45) is 5.73 Å². The number of nitro groups is 1. The molecule has 1 aliphatic carbocycles. The van der Waals surface area contributed by atoms with Crippen LogP contribution in [0.3, 0.4) is 0 Å². The van der Waals surface area contributed by atoms with Crippen molar-refractivity contribution in [3.05, 3.63) is 39.9 Å². The van der Waals surface area contributed by atoms with Gasteiger partial charge in [0.25, 0.3) is 5.69 Å². The van der Waals surface area contributed by atoms with E-state index in [9.17, 15) is 10.1 Å². The molecule has 0 radical (unpaired) electrons. The monoisotopic (exact) mass is 242 g/mol. The van der Waals surface area contributed by atoms with Gasteiger partial charge in [0.1, 0.15) is 0 Å². The zero-order chi connectivity index (χ0) is 10.9. The van der Waals surface area contributed by atoms with Gasteiger partial charge in [-0.05, 0) is 12.8 Å². The second-order valence-corrected chi connectivity index (χ2v) is 4.14. The Morgan fingerprint density at radius 2 is 1.81 bits per heavy atom. The van der Waals surface area contributed by atoms with Crippen molar-refractivity contribution < 1.29 is 4.92 Å². The Morgan fingerprint density at radius 3 is 2.38 bits per heavy atom. The summed E-state index contributed by atoms with van der Waals surface area (Å²) in [5.74, 6) is 0. The van der Waals surface area contributed by atoms with Crippen LogP contribution in [-0.4, -0.2) is 4.92 Å². The van der Waals surface area contributed by atoms with E-state index in [1.807, 2.05) is 6.07 Å². The average Bonchev–Trinajstić information content (AvgIpc) is 2.66. The van der Waals surface area contributed by atoms with Crippen LogP contribution in [0.25, 0.3) is 0 Å². The molecule has 1 aromatic rings. The predicted octanol–water partition coefficient (Wildman–Crippen LogP) is 2.74. The second kappa shape index (κ2) is 4.80. The molecule has 0 atom stereocenters. The number of para-hydroxylation sites is 1. The number of nitro benzene ring substituents is 1. The van der Waals surface area contributed by atoms with Crippen molar-refractivity contribution in [1.29, 1.82) is 0 Å². The number of hydrogen-bond donors (Lipinski definition) is 1. The van der Waals surface area contributed by atoms with Gasteiger partial charge in [0.05, 0.1) is 4.92 Å². The topological polar surface area (TPSA) is 69.2 Å². The number of nitrogens with two attached hydrogens (primary N) is 1. The van der Waals surface area contributed by atoms with E-state index in [2.05, 4.69) is 0 Å². The molecule has 0 aromatic heterocycles. The molecule has 0 unspecified atom stereocenters.